The minimum absolute atomic E-state index is 0.106. The fourth-order valence-electron chi connectivity index (χ4n) is 2.06. The Morgan fingerprint density at radius 1 is 0.960 bits per heavy atom. The van der Waals surface area contributed by atoms with Gasteiger partial charge in [-0.05, 0) is 42.8 Å². The molecule has 5 nitrogen and oxygen atoms in total. The van der Waals surface area contributed by atoms with E-state index in [1.54, 1.807) is 18.2 Å². The Morgan fingerprint density at radius 3 is 2.48 bits per heavy atom. The third-order valence-electron chi connectivity index (χ3n) is 3.29. The van der Waals surface area contributed by atoms with Crippen LogP contribution in [0.4, 0.5) is 36.3 Å². The fourth-order valence-corrected chi connectivity index (χ4v) is 2.29. The first-order valence-electron chi connectivity index (χ1n) is 7.07. The van der Waals surface area contributed by atoms with Crippen molar-refractivity contribution in [2.75, 3.05) is 10.6 Å². The molecule has 0 saturated heterocycles. The lowest BCUT2D eigenvalue weighted by Crippen LogP contribution is -2.05. The molecular weight excluding hydrogens is 355 g/mol. The van der Waals surface area contributed by atoms with Gasteiger partial charge >= 0.3 is 0 Å². The first-order chi connectivity index (χ1) is 11.9. The maximum atomic E-state index is 13.7. The summed E-state index contributed by atoms with van der Waals surface area (Å²) in [5.41, 5.74) is 1.30. The molecule has 0 aliphatic rings. The Kier molecular flexibility index (Phi) is 4.71. The van der Waals surface area contributed by atoms with Gasteiger partial charge in [0.05, 0.1) is 11.9 Å². The third-order valence-corrected chi connectivity index (χ3v) is 3.53. The molecular formula is C16H11ClF3N5. The van der Waals surface area contributed by atoms with Gasteiger partial charge in [-0.15, -0.1) is 5.10 Å². The largest absolute Gasteiger partial charge is 0.336 e. The van der Waals surface area contributed by atoms with E-state index in [0.717, 1.165) is 17.7 Å². The quantitative estimate of drug-likeness (QED) is 0.654. The van der Waals surface area contributed by atoms with E-state index < -0.39 is 17.5 Å². The maximum absolute atomic E-state index is 13.7. The van der Waals surface area contributed by atoms with Crippen LogP contribution >= 0.6 is 11.6 Å². The van der Waals surface area contributed by atoms with Gasteiger partial charge in [0, 0.05) is 10.7 Å². The van der Waals surface area contributed by atoms with Gasteiger partial charge in [-0.1, -0.05) is 11.6 Å². The predicted molar refractivity (Wildman–Crippen MR) is 88.9 cm³/mol. The Labute approximate surface area is 145 Å². The zero-order valence-electron chi connectivity index (χ0n) is 12.8. The lowest BCUT2D eigenvalue weighted by atomic mass is 10.2. The summed E-state index contributed by atoms with van der Waals surface area (Å²) >= 11 is 5.90. The first kappa shape index (κ1) is 17.0. The number of nitrogens with one attached hydrogen (secondary N) is 2. The summed E-state index contributed by atoms with van der Waals surface area (Å²) in [6.07, 6.45) is 1.22. The van der Waals surface area contributed by atoms with Crippen molar-refractivity contribution in [2.45, 2.75) is 6.92 Å². The summed E-state index contributed by atoms with van der Waals surface area (Å²) in [5.74, 6) is -3.94. The van der Waals surface area contributed by atoms with Gasteiger partial charge in [0.25, 0.3) is 0 Å². The highest BCUT2D eigenvalue weighted by molar-refractivity contribution is 6.30. The lowest BCUT2D eigenvalue weighted by Gasteiger charge is -2.10. The minimum Gasteiger partial charge on any atom is -0.336 e. The molecule has 0 aliphatic heterocycles. The highest BCUT2D eigenvalue weighted by Gasteiger charge is 2.14. The van der Waals surface area contributed by atoms with E-state index in [1.807, 2.05) is 6.92 Å². The summed E-state index contributed by atoms with van der Waals surface area (Å²) < 4.78 is 40.0. The normalized spacial score (nSPS) is 10.6. The molecule has 0 atom stereocenters. The Morgan fingerprint density at radius 2 is 1.72 bits per heavy atom. The van der Waals surface area contributed by atoms with Gasteiger partial charge < -0.3 is 10.6 Å². The predicted octanol–water partition coefficient (Wildman–Crippen LogP) is 4.74. The molecule has 0 aliphatic carbocycles. The van der Waals surface area contributed by atoms with Crippen LogP contribution < -0.4 is 10.6 Å². The Balaban J connectivity index is 1.83. The van der Waals surface area contributed by atoms with Crippen LogP contribution in [-0.4, -0.2) is 15.2 Å². The Bertz CT molecular complexity index is 936. The first-order valence-corrected chi connectivity index (χ1v) is 7.45. The van der Waals surface area contributed by atoms with E-state index in [0.29, 0.717) is 10.7 Å². The summed E-state index contributed by atoms with van der Waals surface area (Å²) in [5, 5.41) is 13.6. The molecule has 0 unspecified atom stereocenters. The van der Waals surface area contributed by atoms with E-state index in [-0.39, 0.29) is 17.5 Å². The molecule has 0 bridgehead atoms. The second-order valence-corrected chi connectivity index (χ2v) is 5.53. The van der Waals surface area contributed by atoms with Crippen molar-refractivity contribution in [3.05, 3.63) is 64.6 Å². The van der Waals surface area contributed by atoms with Crippen LogP contribution in [0.5, 0.6) is 0 Å². The molecule has 0 saturated carbocycles. The number of halogens is 4. The van der Waals surface area contributed by atoms with Crippen molar-refractivity contribution < 1.29 is 13.2 Å². The number of hydrogen-bond donors (Lipinski definition) is 2. The van der Waals surface area contributed by atoms with Crippen LogP contribution in [-0.2, 0) is 0 Å². The van der Waals surface area contributed by atoms with Crippen molar-refractivity contribution in [1.82, 2.24) is 15.2 Å². The zero-order chi connectivity index (χ0) is 18.0. The van der Waals surface area contributed by atoms with Gasteiger partial charge in [0.1, 0.15) is 0 Å². The standard InChI is InChI=1S/C16H11ClF3N5/c1-8-6-9(17)2-4-11(8)23-16-24-13(7-21-25-16)22-12-5-3-10(18)14(19)15(12)20/h2-7H,1H3,(H2,22,23,24,25). The molecule has 3 aromatic rings. The monoisotopic (exact) mass is 365 g/mol. The molecule has 1 aromatic heterocycles. The summed E-state index contributed by atoms with van der Waals surface area (Å²) in [6, 6.07) is 7.08. The van der Waals surface area contributed by atoms with Crippen molar-refractivity contribution >= 4 is 34.7 Å². The molecule has 0 fully saturated rings. The molecule has 128 valence electrons. The third kappa shape index (κ3) is 3.80. The van der Waals surface area contributed by atoms with Crippen LogP contribution in [0.25, 0.3) is 0 Å². The van der Waals surface area contributed by atoms with Crippen LogP contribution in [0.1, 0.15) is 5.56 Å². The average Bonchev–Trinajstić information content (AvgIpc) is 2.58. The molecule has 25 heavy (non-hydrogen) atoms. The van der Waals surface area contributed by atoms with Crippen LogP contribution in [0.2, 0.25) is 5.02 Å². The number of nitrogens with zero attached hydrogens (tertiary/aromatic N) is 3. The molecule has 1 heterocycles. The van der Waals surface area contributed by atoms with Crippen molar-refractivity contribution in [3.63, 3.8) is 0 Å². The second kappa shape index (κ2) is 6.94. The summed E-state index contributed by atoms with van der Waals surface area (Å²) in [7, 11) is 0. The van der Waals surface area contributed by atoms with Crippen molar-refractivity contribution in [1.29, 1.82) is 0 Å². The van der Waals surface area contributed by atoms with Gasteiger partial charge in [0.2, 0.25) is 5.95 Å². The molecule has 2 N–H and O–H groups in total. The molecule has 0 radical (unpaired) electrons. The van der Waals surface area contributed by atoms with E-state index in [1.165, 1.54) is 6.20 Å². The van der Waals surface area contributed by atoms with Gasteiger partial charge in [-0.2, -0.15) is 10.1 Å². The average molecular weight is 366 g/mol. The number of aromatic nitrogens is 3. The van der Waals surface area contributed by atoms with Crippen LogP contribution in [0.3, 0.4) is 0 Å². The van der Waals surface area contributed by atoms with Crippen molar-refractivity contribution in [3.8, 4) is 0 Å². The van der Waals surface area contributed by atoms with Gasteiger partial charge in [-0.25, -0.2) is 13.2 Å². The topological polar surface area (TPSA) is 62.7 Å². The van der Waals surface area contributed by atoms with E-state index in [4.69, 9.17) is 11.6 Å². The second-order valence-electron chi connectivity index (χ2n) is 5.10. The smallest absolute Gasteiger partial charge is 0.249 e. The highest BCUT2D eigenvalue weighted by Crippen LogP contribution is 2.24. The van der Waals surface area contributed by atoms with Crippen LogP contribution in [0, 0.1) is 24.4 Å². The van der Waals surface area contributed by atoms with Crippen LogP contribution in [0.15, 0.2) is 36.5 Å². The fraction of sp³-hybridized carbons (Fsp3) is 0.0625. The highest BCUT2D eigenvalue weighted by atomic mass is 35.5. The number of benzene rings is 2. The van der Waals surface area contributed by atoms with E-state index >= 15 is 0 Å². The SMILES string of the molecule is Cc1cc(Cl)ccc1Nc1nncc(Nc2ccc(F)c(F)c2F)n1. The number of hydrogen-bond acceptors (Lipinski definition) is 5. The van der Waals surface area contributed by atoms with Crippen molar-refractivity contribution in [2.24, 2.45) is 0 Å². The van der Waals surface area contributed by atoms with Gasteiger partial charge in [-0.3, -0.25) is 0 Å². The van der Waals surface area contributed by atoms with E-state index in [2.05, 4.69) is 25.8 Å². The number of anilines is 4. The molecule has 9 heteroatoms. The minimum atomic E-state index is -1.57. The number of rotatable bonds is 4. The summed E-state index contributed by atoms with van der Waals surface area (Å²) in [4.78, 5) is 4.11. The number of aryl methyl sites for hydroxylation is 1. The Hall–Kier alpha value is -2.87. The molecule has 0 amide bonds. The zero-order valence-corrected chi connectivity index (χ0v) is 13.6. The maximum Gasteiger partial charge on any atom is 0.249 e. The summed E-state index contributed by atoms with van der Waals surface area (Å²) in [6.45, 7) is 1.85. The van der Waals surface area contributed by atoms with Gasteiger partial charge in [0.15, 0.2) is 23.3 Å². The molecule has 2 aromatic carbocycles. The van der Waals surface area contributed by atoms with E-state index in [9.17, 15) is 13.2 Å². The molecule has 0 spiro atoms. The lowest BCUT2D eigenvalue weighted by molar-refractivity contribution is 0.449. The molecule has 3 rings (SSSR count).